The fourth-order valence-corrected chi connectivity index (χ4v) is 4.73. The second-order valence-corrected chi connectivity index (χ2v) is 12.3. The molecule has 2 atom stereocenters. The van der Waals surface area contributed by atoms with Gasteiger partial charge in [-0.15, -0.1) is 0 Å². The zero-order chi connectivity index (χ0) is 31.9. The fourth-order valence-electron chi connectivity index (χ4n) is 4.73. The van der Waals surface area contributed by atoms with Gasteiger partial charge in [0.15, 0.2) is 0 Å². The number of aliphatic carboxylic acids is 1. The standard InChI is InChI=1S/C32H40N2O9/c1-31(2,3)42-26(35)16-15-24(28(37)33-25(29(38)39)17-27(36)43-32(4,5)6)34-30(40)41-18-23-21-13-9-7-11-19(21)20-12-8-10-14-22(20)23/h7-14,23-25H,15-18H2,1-6H3,(H,33,37)(H,34,40)(H,38,39)/t24-,25-/m0/s1. The number of hydrogen-bond donors (Lipinski definition) is 3. The van der Waals surface area contributed by atoms with Crippen LogP contribution in [-0.2, 0) is 33.4 Å². The molecular weight excluding hydrogens is 556 g/mol. The summed E-state index contributed by atoms with van der Waals surface area (Å²) in [6.45, 7) is 9.95. The predicted octanol–water partition coefficient (Wildman–Crippen LogP) is 4.32. The molecule has 232 valence electrons. The molecule has 0 aliphatic heterocycles. The van der Waals surface area contributed by atoms with Crippen LogP contribution in [0.1, 0.15) is 77.8 Å². The first kappa shape index (κ1) is 33.1. The summed E-state index contributed by atoms with van der Waals surface area (Å²) in [4.78, 5) is 62.6. The van der Waals surface area contributed by atoms with Crippen molar-refractivity contribution in [3.63, 3.8) is 0 Å². The predicted molar refractivity (Wildman–Crippen MR) is 157 cm³/mol. The van der Waals surface area contributed by atoms with E-state index in [1.54, 1.807) is 41.5 Å². The summed E-state index contributed by atoms with van der Waals surface area (Å²) in [5, 5.41) is 14.4. The number of rotatable bonds is 11. The van der Waals surface area contributed by atoms with Gasteiger partial charge in [0.2, 0.25) is 5.91 Å². The van der Waals surface area contributed by atoms with E-state index in [9.17, 15) is 29.1 Å². The van der Waals surface area contributed by atoms with Crippen LogP contribution in [0.25, 0.3) is 11.1 Å². The topological polar surface area (TPSA) is 157 Å². The number of fused-ring (bicyclic) bond motifs is 3. The van der Waals surface area contributed by atoms with Crippen LogP contribution < -0.4 is 10.6 Å². The Bertz CT molecular complexity index is 1310. The first-order valence-corrected chi connectivity index (χ1v) is 14.1. The number of amides is 2. The lowest BCUT2D eigenvalue weighted by atomic mass is 9.98. The average Bonchev–Trinajstić information content (AvgIpc) is 3.21. The molecule has 2 amide bonds. The van der Waals surface area contributed by atoms with Crippen LogP contribution in [0.2, 0.25) is 0 Å². The van der Waals surface area contributed by atoms with E-state index in [1.165, 1.54) is 0 Å². The van der Waals surface area contributed by atoms with Crippen molar-refractivity contribution in [2.45, 2.75) is 90.0 Å². The summed E-state index contributed by atoms with van der Waals surface area (Å²) >= 11 is 0. The Morgan fingerprint density at radius 1 is 0.767 bits per heavy atom. The third kappa shape index (κ3) is 9.83. The molecule has 0 radical (unpaired) electrons. The van der Waals surface area contributed by atoms with Crippen LogP contribution in [0, 0.1) is 0 Å². The molecule has 43 heavy (non-hydrogen) atoms. The van der Waals surface area contributed by atoms with Crippen LogP contribution in [-0.4, -0.2) is 64.9 Å². The first-order chi connectivity index (χ1) is 20.0. The van der Waals surface area contributed by atoms with Gasteiger partial charge in [0, 0.05) is 12.3 Å². The number of hydrogen-bond acceptors (Lipinski definition) is 8. The number of nitrogens with one attached hydrogen (secondary N) is 2. The van der Waals surface area contributed by atoms with Gasteiger partial charge < -0.3 is 30.0 Å². The van der Waals surface area contributed by atoms with E-state index in [2.05, 4.69) is 10.6 Å². The number of carboxylic acid groups (broad SMARTS) is 1. The highest BCUT2D eigenvalue weighted by Gasteiger charge is 2.32. The normalized spacial score (nSPS) is 14.0. The molecule has 0 spiro atoms. The van der Waals surface area contributed by atoms with E-state index in [-0.39, 0.29) is 25.4 Å². The number of benzene rings is 2. The maximum Gasteiger partial charge on any atom is 0.407 e. The molecule has 3 N–H and O–H groups in total. The Balaban J connectivity index is 1.71. The van der Waals surface area contributed by atoms with Gasteiger partial charge in [0.05, 0.1) is 6.42 Å². The van der Waals surface area contributed by atoms with Gasteiger partial charge in [-0.2, -0.15) is 0 Å². The van der Waals surface area contributed by atoms with Crippen LogP contribution in [0.15, 0.2) is 48.5 Å². The Morgan fingerprint density at radius 3 is 1.79 bits per heavy atom. The largest absolute Gasteiger partial charge is 0.480 e. The summed E-state index contributed by atoms with van der Waals surface area (Å²) in [6, 6.07) is 12.6. The minimum atomic E-state index is -1.63. The van der Waals surface area contributed by atoms with Crippen molar-refractivity contribution in [3.8, 4) is 11.1 Å². The third-order valence-corrected chi connectivity index (χ3v) is 6.41. The van der Waals surface area contributed by atoms with Crippen molar-refractivity contribution in [2.75, 3.05) is 6.61 Å². The van der Waals surface area contributed by atoms with Crippen molar-refractivity contribution in [2.24, 2.45) is 0 Å². The monoisotopic (exact) mass is 596 g/mol. The number of carbonyl (C=O) groups excluding carboxylic acids is 4. The van der Waals surface area contributed by atoms with E-state index in [0.29, 0.717) is 0 Å². The van der Waals surface area contributed by atoms with E-state index >= 15 is 0 Å². The van der Waals surface area contributed by atoms with Gasteiger partial charge in [0.1, 0.15) is 29.9 Å². The van der Waals surface area contributed by atoms with E-state index in [4.69, 9.17) is 14.2 Å². The van der Waals surface area contributed by atoms with Crippen LogP contribution >= 0.6 is 0 Å². The lowest BCUT2D eigenvalue weighted by Gasteiger charge is -2.24. The van der Waals surface area contributed by atoms with E-state index in [1.807, 2.05) is 48.5 Å². The van der Waals surface area contributed by atoms with Gasteiger partial charge >= 0.3 is 24.0 Å². The van der Waals surface area contributed by atoms with Crippen molar-refractivity contribution >= 4 is 29.9 Å². The van der Waals surface area contributed by atoms with Gasteiger partial charge in [-0.05, 0) is 70.2 Å². The molecule has 3 rings (SSSR count). The summed E-state index contributed by atoms with van der Waals surface area (Å²) in [7, 11) is 0. The highest BCUT2D eigenvalue weighted by atomic mass is 16.6. The lowest BCUT2D eigenvalue weighted by Crippen LogP contribution is -2.52. The van der Waals surface area contributed by atoms with Gasteiger partial charge in [0.25, 0.3) is 0 Å². The zero-order valence-corrected chi connectivity index (χ0v) is 25.4. The number of alkyl carbamates (subject to hydrolysis) is 1. The molecule has 0 bridgehead atoms. The smallest absolute Gasteiger partial charge is 0.407 e. The van der Waals surface area contributed by atoms with Gasteiger partial charge in [-0.1, -0.05) is 48.5 Å². The molecule has 1 aliphatic rings. The Hall–Kier alpha value is -4.41. The van der Waals surface area contributed by atoms with Gasteiger partial charge in [-0.3, -0.25) is 14.4 Å². The van der Waals surface area contributed by atoms with Crippen molar-refractivity contribution in [3.05, 3.63) is 59.7 Å². The maximum atomic E-state index is 13.2. The number of carboxylic acids is 1. The summed E-state index contributed by atoms with van der Waals surface area (Å²) in [5.41, 5.74) is 2.48. The lowest BCUT2D eigenvalue weighted by molar-refractivity contribution is -0.158. The Morgan fingerprint density at radius 2 is 1.28 bits per heavy atom. The summed E-state index contributed by atoms with van der Waals surface area (Å²) in [5.74, 6) is -4.03. The summed E-state index contributed by atoms with van der Waals surface area (Å²) < 4.78 is 16.0. The Labute approximate surface area is 251 Å². The molecule has 0 saturated carbocycles. The summed E-state index contributed by atoms with van der Waals surface area (Å²) in [6.07, 6.45) is -2.01. The van der Waals surface area contributed by atoms with Crippen molar-refractivity contribution in [1.29, 1.82) is 0 Å². The Kier molecular flexibility index (Phi) is 10.6. The molecule has 1 aliphatic carbocycles. The molecular formula is C32H40N2O9. The van der Waals surface area contributed by atoms with E-state index in [0.717, 1.165) is 22.3 Å². The quantitative estimate of drug-likeness (QED) is 0.254. The highest BCUT2D eigenvalue weighted by molar-refractivity contribution is 5.91. The van der Waals surface area contributed by atoms with Crippen LogP contribution in [0.4, 0.5) is 4.79 Å². The van der Waals surface area contributed by atoms with Crippen LogP contribution in [0.5, 0.6) is 0 Å². The minimum absolute atomic E-state index is 0.0172. The minimum Gasteiger partial charge on any atom is -0.480 e. The highest BCUT2D eigenvalue weighted by Crippen LogP contribution is 2.44. The SMILES string of the molecule is CC(C)(C)OC(=O)CC[C@H](NC(=O)OCC1c2ccccc2-c2ccccc21)C(=O)N[C@@H](CC(=O)OC(C)(C)C)C(=O)O. The molecule has 11 heteroatoms. The second kappa shape index (κ2) is 13.7. The number of ether oxygens (including phenoxy) is 3. The molecule has 0 saturated heterocycles. The molecule has 0 fully saturated rings. The maximum absolute atomic E-state index is 13.2. The molecule has 2 aromatic rings. The van der Waals surface area contributed by atoms with Crippen molar-refractivity contribution < 1.29 is 43.3 Å². The molecule has 0 heterocycles. The van der Waals surface area contributed by atoms with E-state index < -0.39 is 59.6 Å². The zero-order valence-electron chi connectivity index (χ0n) is 25.4. The molecule has 2 aromatic carbocycles. The fraction of sp³-hybridized carbons (Fsp3) is 0.469. The van der Waals surface area contributed by atoms with Crippen molar-refractivity contribution in [1.82, 2.24) is 10.6 Å². The average molecular weight is 597 g/mol. The third-order valence-electron chi connectivity index (χ3n) is 6.41. The van der Waals surface area contributed by atoms with Crippen LogP contribution in [0.3, 0.4) is 0 Å². The second-order valence-electron chi connectivity index (χ2n) is 12.3. The number of esters is 2. The number of carbonyl (C=O) groups is 5. The van der Waals surface area contributed by atoms with Gasteiger partial charge in [-0.25, -0.2) is 9.59 Å². The first-order valence-electron chi connectivity index (χ1n) is 14.1. The molecule has 0 aromatic heterocycles. The molecule has 11 nitrogen and oxygen atoms in total. The molecule has 0 unspecified atom stereocenters.